The highest BCUT2D eigenvalue weighted by atomic mass is 19.1. The first-order valence-corrected chi connectivity index (χ1v) is 11.4. The summed E-state index contributed by atoms with van der Waals surface area (Å²) in [7, 11) is 0. The van der Waals surface area contributed by atoms with Crippen LogP contribution < -0.4 is 10.6 Å². The Hall–Kier alpha value is -3.93. The van der Waals surface area contributed by atoms with Crippen molar-refractivity contribution in [3.63, 3.8) is 0 Å². The molecule has 174 valence electrons. The number of aromatic amines is 1. The van der Waals surface area contributed by atoms with Gasteiger partial charge in [0.25, 0.3) is 0 Å². The number of rotatable bonds is 8. The summed E-state index contributed by atoms with van der Waals surface area (Å²) in [4.78, 5) is 29.2. The number of hydrogen-bond acceptors (Lipinski definition) is 2. The fourth-order valence-corrected chi connectivity index (χ4v) is 4.15. The first-order valence-electron chi connectivity index (χ1n) is 11.4. The van der Waals surface area contributed by atoms with Crippen LogP contribution in [0.25, 0.3) is 10.9 Å². The number of para-hydroxylation sites is 1. The fraction of sp³-hybridized carbons (Fsp3) is 0.214. The molecular formula is C28H28FN3O2. The summed E-state index contributed by atoms with van der Waals surface area (Å²) in [5, 5.41) is 6.75. The van der Waals surface area contributed by atoms with Gasteiger partial charge in [0.2, 0.25) is 11.8 Å². The predicted molar refractivity (Wildman–Crippen MR) is 133 cm³/mol. The van der Waals surface area contributed by atoms with Gasteiger partial charge >= 0.3 is 0 Å². The molecule has 5 nitrogen and oxygen atoms in total. The van der Waals surface area contributed by atoms with Crippen molar-refractivity contribution in [2.75, 3.05) is 5.32 Å². The van der Waals surface area contributed by atoms with Crippen molar-refractivity contribution in [1.29, 1.82) is 0 Å². The Morgan fingerprint density at radius 3 is 2.44 bits per heavy atom. The lowest BCUT2D eigenvalue weighted by Gasteiger charge is -2.20. The Morgan fingerprint density at radius 1 is 0.971 bits per heavy atom. The highest BCUT2D eigenvalue weighted by Crippen LogP contribution is 2.23. The normalized spacial score (nSPS) is 11.9. The van der Waals surface area contributed by atoms with Gasteiger partial charge in [-0.05, 0) is 60.7 Å². The lowest BCUT2D eigenvalue weighted by atomic mass is 10.0. The molecule has 0 aliphatic rings. The predicted octanol–water partition coefficient (Wildman–Crippen LogP) is 5.22. The molecule has 0 radical (unpaired) electrons. The summed E-state index contributed by atoms with van der Waals surface area (Å²) in [6, 6.07) is 19.3. The molecule has 2 amide bonds. The van der Waals surface area contributed by atoms with Crippen LogP contribution in [0.15, 0.2) is 72.9 Å². The van der Waals surface area contributed by atoms with Crippen LogP contribution in [0.1, 0.15) is 28.7 Å². The maximum absolute atomic E-state index is 13.6. The van der Waals surface area contributed by atoms with Crippen LogP contribution in [0.4, 0.5) is 10.1 Å². The molecular weight excluding hydrogens is 429 g/mol. The second kappa shape index (κ2) is 10.3. The van der Waals surface area contributed by atoms with E-state index >= 15 is 0 Å². The zero-order valence-electron chi connectivity index (χ0n) is 19.3. The molecule has 0 fully saturated rings. The third-order valence-electron chi connectivity index (χ3n) is 6.02. The third-order valence-corrected chi connectivity index (χ3v) is 6.02. The van der Waals surface area contributed by atoms with Gasteiger partial charge in [0.1, 0.15) is 11.9 Å². The minimum atomic E-state index is -0.786. The van der Waals surface area contributed by atoms with Crippen LogP contribution >= 0.6 is 0 Å². The summed E-state index contributed by atoms with van der Waals surface area (Å²) in [6.07, 6.45) is 2.90. The van der Waals surface area contributed by atoms with Crippen molar-refractivity contribution in [2.45, 2.75) is 39.2 Å². The van der Waals surface area contributed by atoms with E-state index in [1.54, 1.807) is 12.3 Å². The standard InChI is InChI=1S/C28H28FN3O2/c1-18-7-6-8-19(2)27(18)32-28(34)25(31-26(33)14-11-20-9-4-3-5-10-20)15-21-17-30-24-16-22(29)12-13-23(21)24/h3-10,12-13,16-17,25,30H,11,14-15H2,1-2H3,(H,31,33)(H,32,34). The maximum atomic E-state index is 13.6. The Kier molecular flexibility index (Phi) is 7.07. The Labute approximate surface area is 198 Å². The quantitative estimate of drug-likeness (QED) is 0.339. The van der Waals surface area contributed by atoms with E-state index in [9.17, 15) is 14.0 Å². The van der Waals surface area contributed by atoms with Gasteiger partial charge < -0.3 is 15.6 Å². The zero-order valence-corrected chi connectivity index (χ0v) is 19.3. The Morgan fingerprint density at radius 2 is 1.71 bits per heavy atom. The molecule has 1 aromatic heterocycles. The maximum Gasteiger partial charge on any atom is 0.247 e. The lowest BCUT2D eigenvalue weighted by molar-refractivity contribution is -0.126. The summed E-state index contributed by atoms with van der Waals surface area (Å²) >= 11 is 0. The van der Waals surface area contributed by atoms with Gasteiger partial charge in [-0.15, -0.1) is 0 Å². The smallest absolute Gasteiger partial charge is 0.247 e. The number of amides is 2. The molecule has 0 saturated carbocycles. The van der Waals surface area contributed by atoms with Crippen LogP contribution in [-0.2, 0) is 22.4 Å². The number of benzene rings is 3. The number of hydrogen-bond donors (Lipinski definition) is 3. The lowest BCUT2D eigenvalue weighted by Crippen LogP contribution is -2.45. The summed E-state index contributed by atoms with van der Waals surface area (Å²) in [5.41, 5.74) is 5.19. The molecule has 0 aliphatic carbocycles. The van der Waals surface area contributed by atoms with Crippen molar-refractivity contribution in [2.24, 2.45) is 0 Å². The Balaban J connectivity index is 1.54. The van der Waals surface area contributed by atoms with Gasteiger partial charge in [0.05, 0.1) is 0 Å². The van der Waals surface area contributed by atoms with Gasteiger partial charge in [-0.25, -0.2) is 4.39 Å². The molecule has 4 aromatic rings. The van der Waals surface area contributed by atoms with Crippen LogP contribution in [0.5, 0.6) is 0 Å². The molecule has 0 bridgehead atoms. The minimum absolute atomic E-state index is 0.198. The Bertz CT molecular complexity index is 1290. The van der Waals surface area contributed by atoms with Gasteiger partial charge in [0.15, 0.2) is 0 Å². The van der Waals surface area contributed by atoms with Crippen molar-refractivity contribution < 1.29 is 14.0 Å². The van der Waals surface area contributed by atoms with Crippen molar-refractivity contribution in [3.05, 3.63) is 101 Å². The number of carbonyl (C=O) groups is 2. The summed E-state index contributed by atoms with van der Waals surface area (Å²) in [6.45, 7) is 3.87. The van der Waals surface area contributed by atoms with Gasteiger partial charge in [-0.2, -0.15) is 0 Å². The van der Waals surface area contributed by atoms with E-state index in [0.29, 0.717) is 11.9 Å². The SMILES string of the molecule is Cc1cccc(C)c1NC(=O)C(Cc1c[nH]c2cc(F)ccc12)NC(=O)CCc1ccccc1. The van der Waals surface area contributed by atoms with Crippen LogP contribution in [0, 0.1) is 19.7 Å². The van der Waals surface area contributed by atoms with E-state index in [0.717, 1.165) is 33.3 Å². The van der Waals surface area contributed by atoms with Crippen molar-refractivity contribution in [3.8, 4) is 0 Å². The van der Waals surface area contributed by atoms with E-state index in [1.807, 2.05) is 62.4 Å². The first-order chi connectivity index (χ1) is 16.4. The molecule has 4 rings (SSSR count). The van der Waals surface area contributed by atoms with Gasteiger partial charge in [-0.1, -0.05) is 48.5 Å². The topological polar surface area (TPSA) is 74.0 Å². The number of aromatic nitrogens is 1. The van der Waals surface area contributed by atoms with Crippen LogP contribution in [0.2, 0.25) is 0 Å². The molecule has 3 aromatic carbocycles. The van der Waals surface area contributed by atoms with Gasteiger partial charge in [-0.3, -0.25) is 9.59 Å². The highest BCUT2D eigenvalue weighted by molar-refractivity contribution is 5.99. The fourth-order valence-electron chi connectivity index (χ4n) is 4.15. The average Bonchev–Trinajstić information content (AvgIpc) is 3.22. The number of aryl methyl sites for hydroxylation is 3. The van der Waals surface area contributed by atoms with E-state index in [-0.39, 0.29) is 30.5 Å². The molecule has 0 spiro atoms. The number of H-pyrrole nitrogens is 1. The molecule has 3 N–H and O–H groups in total. The van der Waals surface area contributed by atoms with E-state index in [1.165, 1.54) is 12.1 Å². The van der Waals surface area contributed by atoms with E-state index in [4.69, 9.17) is 0 Å². The summed E-state index contributed by atoms with van der Waals surface area (Å²) < 4.78 is 13.6. The largest absolute Gasteiger partial charge is 0.361 e. The van der Waals surface area contributed by atoms with Crippen LogP contribution in [-0.4, -0.2) is 22.8 Å². The molecule has 1 unspecified atom stereocenters. The third kappa shape index (κ3) is 5.52. The monoisotopic (exact) mass is 457 g/mol. The average molecular weight is 458 g/mol. The van der Waals surface area contributed by atoms with Crippen LogP contribution in [0.3, 0.4) is 0 Å². The van der Waals surface area contributed by atoms with E-state index < -0.39 is 6.04 Å². The zero-order chi connectivity index (χ0) is 24.1. The molecule has 0 aliphatic heterocycles. The number of fused-ring (bicyclic) bond motifs is 1. The number of halogens is 1. The van der Waals surface area contributed by atoms with Gasteiger partial charge in [0, 0.05) is 35.6 Å². The van der Waals surface area contributed by atoms with Crippen molar-refractivity contribution >= 4 is 28.4 Å². The first kappa shape index (κ1) is 23.2. The molecule has 6 heteroatoms. The van der Waals surface area contributed by atoms with Crippen molar-refractivity contribution in [1.82, 2.24) is 10.3 Å². The highest BCUT2D eigenvalue weighted by Gasteiger charge is 2.24. The molecule has 1 atom stereocenters. The van der Waals surface area contributed by atoms with E-state index in [2.05, 4.69) is 15.6 Å². The molecule has 1 heterocycles. The minimum Gasteiger partial charge on any atom is -0.361 e. The number of nitrogens with one attached hydrogen (secondary N) is 3. The number of carbonyl (C=O) groups excluding carboxylic acids is 2. The molecule has 34 heavy (non-hydrogen) atoms. The number of anilines is 1. The second-order valence-electron chi connectivity index (χ2n) is 8.57. The molecule has 0 saturated heterocycles. The summed E-state index contributed by atoms with van der Waals surface area (Å²) in [5.74, 6) is -0.822. The second-order valence-corrected chi connectivity index (χ2v) is 8.57.